The van der Waals surface area contributed by atoms with Crippen LogP contribution in [0.15, 0.2) is 12.7 Å². The molecule has 0 spiro atoms. The number of nitrogens with zero attached hydrogens (tertiary/aromatic N) is 1. The van der Waals surface area contributed by atoms with Gasteiger partial charge in [0.2, 0.25) is 5.91 Å². The SMILES string of the molecule is C=CC[C@@]1(CO)CCCN(C(=O)C2CCCC2)C1. The van der Waals surface area contributed by atoms with Crippen molar-refractivity contribution in [2.75, 3.05) is 19.7 Å². The molecule has 1 amide bonds. The fourth-order valence-corrected chi connectivity index (χ4v) is 3.49. The van der Waals surface area contributed by atoms with E-state index in [9.17, 15) is 9.90 Å². The smallest absolute Gasteiger partial charge is 0.225 e. The average molecular weight is 251 g/mol. The summed E-state index contributed by atoms with van der Waals surface area (Å²) in [5.74, 6) is 0.581. The van der Waals surface area contributed by atoms with Crippen LogP contribution >= 0.6 is 0 Å². The Morgan fingerprint density at radius 1 is 1.39 bits per heavy atom. The zero-order valence-electron chi connectivity index (χ0n) is 11.2. The van der Waals surface area contributed by atoms with E-state index in [1.54, 1.807) is 0 Å². The Hall–Kier alpha value is -0.830. The van der Waals surface area contributed by atoms with Gasteiger partial charge in [-0.1, -0.05) is 18.9 Å². The van der Waals surface area contributed by atoms with Crippen molar-refractivity contribution in [3.8, 4) is 0 Å². The number of carbonyl (C=O) groups excluding carboxylic acids is 1. The number of allylic oxidation sites excluding steroid dienone is 1. The number of hydrogen-bond donors (Lipinski definition) is 1. The van der Waals surface area contributed by atoms with Crippen LogP contribution in [0.4, 0.5) is 0 Å². The van der Waals surface area contributed by atoms with Gasteiger partial charge in [0.25, 0.3) is 0 Å². The van der Waals surface area contributed by atoms with E-state index in [-0.39, 0.29) is 17.9 Å². The van der Waals surface area contributed by atoms with E-state index in [1.807, 2.05) is 11.0 Å². The van der Waals surface area contributed by atoms with Gasteiger partial charge >= 0.3 is 0 Å². The molecule has 2 aliphatic rings. The minimum absolute atomic E-state index is 0.131. The minimum Gasteiger partial charge on any atom is -0.396 e. The van der Waals surface area contributed by atoms with Crippen molar-refractivity contribution < 1.29 is 9.90 Å². The Kier molecular flexibility index (Phi) is 4.44. The number of amides is 1. The van der Waals surface area contributed by atoms with Crippen molar-refractivity contribution in [3.63, 3.8) is 0 Å². The Morgan fingerprint density at radius 3 is 2.72 bits per heavy atom. The standard InChI is InChI=1S/C15H25NO2/c1-2-8-15(12-17)9-5-10-16(11-15)14(18)13-6-3-4-7-13/h2,13,17H,1,3-12H2/t15-/m1/s1. The van der Waals surface area contributed by atoms with Crippen LogP contribution < -0.4 is 0 Å². The molecule has 0 bridgehead atoms. The molecule has 1 N–H and O–H groups in total. The quantitative estimate of drug-likeness (QED) is 0.779. The first kappa shape index (κ1) is 13.6. The number of hydrogen-bond acceptors (Lipinski definition) is 2. The van der Waals surface area contributed by atoms with Gasteiger partial charge in [-0.15, -0.1) is 6.58 Å². The van der Waals surface area contributed by atoms with E-state index >= 15 is 0 Å². The number of piperidine rings is 1. The monoisotopic (exact) mass is 251 g/mol. The van der Waals surface area contributed by atoms with Crippen molar-refractivity contribution in [2.24, 2.45) is 11.3 Å². The highest BCUT2D eigenvalue weighted by atomic mass is 16.3. The molecule has 0 radical (unpaired) electrons. The molecule has 3 heteroatoms. The van der Waals surface area contributed by atoms with Crippen molar-refractivity contribution in [1.82, 2.24) is 4.90 Å². The maximum atomic E-state index is 12.4. The highest BCUT2D eigenvalue weighted by molar-refractivity contribution is 5.79. The van der Waals surface area contributed by atoms with Crippen LogP contribution in [-0.4, -0.2) is 35.6 Å². The van der Waals surface area contributed by atoms with Crippen LogP contribution in [0.25, 0.3) is 0 Å². The lowest BCUT2D eigenvalue weighted by atomic mass is 9.77. The van der Waals surface area contributed by atoms with Gasteiger partial charge in [-0.3, -0.25) is 4.79 Å². The Labute approximate surface area is 110 Å². The first-order valence-electron chi connectivity index (χ1n) is 7.21. The van der Waals surface area contributed by atoms with Gasteiger partial charge in [0.15, 0.2) is 0 Å². The largest absolute Gasteiger partial charge is 0.396 e. The molecule has 0 aromatic heterocycles. The van der Waals surface area contributed by atoms with Crippen LogP contribution in [0.1, 0.15) is 44.9 Å². The zero-order valence-corrected chi connectivity index (χ0v) is 11.2. The van der Waals surface area contributed by atoms with E-state index in [0.717, 1.165) is 38.6 Å². The first-order chi connectivity index (χ1) is 8.71. The number of aliphatic hydroxyl groups is 1. The van der Waals surface area contributed by atoms with Crippen LogP contribution in [0.3, 0.4) is 0 Å². The molecular weight excluding hydrogens is 226 g/mol. The average Bonchev–Trinajstić information content (AvgIpc) is 2.92. The van der Waals surface area contributed by atoms with E-state index < -0.39 is 0 Å². The van der Waals surface area contributed by atoms with Crippen molar-refractivity contribution in [1.29, 1.82) is 0 Å². The second-order valence-corrected chi connectivity index (χ2v) is 6.00. The van der Waals surface area contributed by atoms with Gasteiger partial charge in [-0.2, -0.15) is 0 Å². The number of carbonyl (C=O) groups is 1. The molecule has 1 saturated carbocycles. The van der Waals surface area contributed by atoms with Gasteiger partial charge < -0.3 is 10.0 Å². The van der Waals surface area contributed by atoms with E-state index in [1.165, 1.54) is 12.8 Å². The molecule has 0 unspecified atom stereocenters. The predicted octanol–water partition coefficient (Wildman–Crippen LogP) is 2.35. The Balaban J connectivity index is 2.00. The van der Waals surface area contributed by atoms with Gasteiger partial charge in [0.1, 0.15) is 0 Å². The summed E-state index contributed by atoms with van der Waals surface area (Å²) in [5, 5.41) is 9.65. The zero-order chi connectivity index (χ0) is 13.0. The minimum atomic E-state index is -0.131. The molecule has 18 heavy (non-hydrogen) atoms. The van der Waals surface area contributed by atoms with E-state index in [0.29, 0.717) is 12.5 Å². The molecule has 2 fully saturated rings. The maximum absolute atomic E-state index is 12.4. The number of rotatable bonds is 4. The second-order valence-electron chi connectivity index (χ2n) is 6.00. The molecule has 1 heterocycles. The lowest BCUT2D eigenvalue weighted by Crippen LogP contribution is -2.49. The van der Waals surface area contributed by atoms with Gasteiger partial charge in [0.05, 0.1) is 6.61 Å². The molecule has 0 aromatic rings. The van der Waals surface area contributed by atoms with Crippen LogP contribution in [0, 0.1) is 11.3 Å². The van der Waals surface area contributed by atoms with Crippen molar-refractivity contribution >= 4 is 5.91 Å². The molecule has 1 saturated heterocycles. The predicted molar refractivity (Wildman–Crippen MR) is 72.1 cm³/mol. The molecule has 1 aliphatic carbocycles. The maximum Gasteiger partial charge on any atom is 0.225 e. The third kappa shape index (κ3) is 2.77. The summed E-state index contributed by atoms with van der Waals surface area (Å²) in [4.78, 5) is 14.4. The normalized spacial score (nSPS) is 29.5. The van der Waals surface area contributed by atoms with Crippen LogP contribution in [0.2, 0.25) is 0 Å². The Bertz CT molecular complexity index is 310. The number of aliphatic hydroxyl groups excluding tert-OH is 1. The highest BCUT2D eigenvalue weighted by Gasteiger charge is 2.37. The first-order valence-corrected chi connectivity index (χ1v) is 7.21. The Morgan fingerprint density at radius 2 is 2.11 bits per heavy atom. The number of likely N-dealkylation sites (tertiary alicyclic amines) is 1. The molecule has 1 aliphatic heterocycles. The second kappa shape index (κ2) is 5.87. The van der Waals surface area contributed by atoms with E-state index in [4.69, 9.17) is 0 Å². The van der Waals surface area contributed by atoms with Gasteiger partial charge in [-0.05, 0) is 32.1 Å². The molecule has 3 nitrogen and oxygen atoms in total. The fourth-order valence-electron chi connectivity index (χ4n) is 3.49. The lowest BCUT2D eigenvalue weighted by molar-refractivity contribution is -0.139. The molecular formula is C15H25NO2. The van der Waals surface area contributed by atoms with Gasteiger partial charge in [0, 0.05) is 24.4 Å². The van der Waals surface area contributed by atoms with Gasteiger partial charge in [-0.25, -0.2) is 0 Å². The van der Waals surface area contributed by atoms with Crippen LogP contribution in [-0.2, 0) is 4.79 Å². The topological polar surface area (TPSA) is 40.5 Å². The summed E-state index contributed by atoms with van der Waals surface area (Å²) < 4.78 is 0. The summed E-state index contributed by atoms with van der Waals surface area (Å²) >= 11 is 0. The molecule has 2 rings (SSSR count). The van der Waals surface area contributed by atoms with Crippen molar-refractivity contribution in [3.05, 3.63) is 12.7 Å². The fraction of sp³-hybridized carbons (Fsp3) is 0.800. The molecule has 0 aromatic carbocycles. The lowest BCUT2D eigenvalue weighted by Gasteiger charge is -2.42. The summed E-state index contributed by atoms with van der Waals surface area (Å²) in [7, 11) is 0. The van der Waals surface area contributed by atoms with Crippen molar-refractivity contribution in [2.45, 2.75) is 44.9 Å². The summed E-state index contributed by atoms with van der Waals surface area (Å²) in [5.41, 5.74) is -0.131. The summed E-state index contributed by atoms with van der Waals surface area (Å²) in [6.45, 7) is 5.52. The third-order valence-electron chi connectivity index (χ3n) is 4.59. The third-order valence-corrected chi connectivity index (χ3v) is 4.59. The van der Waals surface area contributed by atoms with E-state index in [2.05, 4.69) is 6.58 Å². The van der Waals surface area contributed by atoms with Crippen LogP contribution in [0.5, 0.6) is 0 Å². The summed E-state index contributed by atoms with van der Waals surface area (Å²) in [6, 6.07) is 0. The molecule has 1 atom stereocenters. The summed E-state index contributed by atoms with van der Waals surface area (Å²) in [6.07, 6.45) is 9.20. The molecule has 102 valence electrons. The highest BCUT2D eigenvalue weighted by Crippen LogP contribution is 2.35.